The molecule has 0 aliphatic rings. The van der Waals surface area contributed by atoms with E-state index in [2.05, 4.69) is 22.2 Å². The van der Waals surface area contributed by atoms with Gasteiger partial charge >= 0.3 is 0 Å². The summed E-state index contributed by atoms with van der Waals surface area (Å²) >= 11 is 0. The molecule has 0 aliphatic carbocycles. The maximum absolute atomic E-state index is 12.4. The SMILES string of the molecule is CCc1cccnc1CNC(=O)c1cccc2[nH]ccc12. The quantitative estimate of drug-likeness (QED) is 0.771. The number of hydrogen-bond donors (Lipinski definition) is 2. The Labute approximate surface area is 123 Å². The Morgan fingerprint density at radius 3 is 3.00 bits per heavy atom. The van der Waals surface area contributed by atoms with E-state index in [1.165, 1.54) is 0 Å². The molecule has 0 aliphatic heterocycles. The maximum atomic E-state index is 12.4. The Hall–Kier alpha value is -2.62. The smallest absolute Gasteiger partial charge is 0.252 e. The minimum Gasteiger partial charge on any atom is -0.361 e. The van der Waals surface area contributed by atoms with E-state index in [1.807, 2.05) is 42.6 Å². The van der Waals surface area contributed by atoms with E-state index >= 15 is 0 Å². The Bertz CT molecular complexity index is 776. The largest absolute Gasteiger partial charge is 0.361 e. The summed E-state index contributed by atoms with van der Waals surface area (Å²) in [6.07, 6.45) is 4.51. The van der Waals surface area contributed by atoms with Crippen molar-refractivity contribution in [1.82, 2.24) is 15.3 Å². The zero-order chi connectivity index (χ0) is 14.7. The van der Waals surface area contributed by atoms with Crippen molar-refractivity contribution < 1.29 is 4.79 Å². The zero-order valence-electron chi connectivity index (χ0n) is 11.9. The van der Waals surface area contributed by atoms with Crippen molar-refractivity contribution in [2.24, 2.45) is 0 Å². The van der Waals surface area contributed by atoms with Crippen molar-refractivity contribution in [2.75, 3.05) is 0 Å². The van der Waals surface area contributed by atoms with Crippen LogP contribution in [0.2, 0.25) is 0 Å². The van der Waals surface area contributed by atoms with Gasteiger partial charge in [0, 0.05) is 28.9 Å². The van der Waals surface area contributed by atoms with Crippen LogP contribution in [0.5, 0.6) is 0 Å². The Morgan fingerprint density at radius 2 is 2.14 bits per heavy atom. The average molecular weight is 279 g/mol. The van der Waals surface area contributed by atoms with E-state index < -0.39 is 0 Å². The van der Waals surface area contributed by atoms with Crippen molar-refractivity contribution in [2.45, 2.75) is 19.9 Å². The number of carbonyl (C=O) groups excluding carboxylic acids is 1. The van der Waals surface area contributed by atoms with E-state index in [9.17, 15) is 4.79 Å². The van der Waals surface area contributed by atoms with E-state index in [1.54, 1.807) is 6.20 Å². The van der Waals surface area contributed by atoms with Crippen LogP contribution in [0.4, 0.5) is 0 Å². The molecule has 4 heteroatoms. The molecule has 2 heterocycles. The molecular weight excluding hydrogens is 262 g/mol. The third-order valence-corrected chi connectivity index (χ3v) is 3.62. The van der Waals surface area contributed by atoms with Gasteiger partial charge in [0.25, 0.3) is 5.91 Å². The molecule has 4 nitrogen and oxygen atoms in total. The highest BCUT2D eigenvalue weighted by Crippen LogP contribution is 2.17. The number of nitrogens with zero attached hydrogens (tertiary/aromatic N) is 1. The predicted octanol–water partition coefficient (Wildman–Crippen LogP) is 3.06. The third kappa shape index (κ3) is 2.65. The first kappa shape index (κ1) is 13.4. The summed E-state index contributed by atoms with van der Waals surface area (Å²) in [5, 5.41) is 3.89. The fourth-order valence-electron chi connectivity index (χ4n) is 2.50. The number of pyridine rings is 1. The van der Waals surface area contributed by atoms with Gasteiger partial charge in [-0.2, -0.15) is 0 Å². The van der Waals surface area contributed by atoms with Crippen LogP contribution in [-0.2, 0) is 13.0 Å². The highest BCUT2D eigenvalue weighted by molar-refractivity contribution is 6.06. The fourth-order valence-corrected chi connectivity index (χ4v) is 2.50. The number of nitrogens with one attached hydrogen (secondary N) is 2. The molecule has 0 saturated carbocycles. The minimum absolute atomic E-state index is 0.0760. The summed E-state index contributed by atoms with van der Waals surface area (Å²) < 4.78 is 0. The van der Waals surface area contributed by atoms with E-state index in [0.29, 0.717) is 12.1 Å². The van der Waals surface area contributed by atoms with Gasteiger partial charge in [0.05, 0.1) is 12.2 Å². The summed E-state index contributed by atoms with van der Waals surface area (Å²) in [4.78, 5) is 19.8. The van der Waals surface area contributed by atoms with Gasteiger partial charge in [0.2, 0.25) is 0 Å². The first-order valence-electron chi connectivity index (χ1n) is 7.06. The number of fused-ring (bicyclic) bond motifs is 1. The van der Waals surface area contributed by atoms with Gasteiger partial charge in [0.15, 0.2) is 0 Å². The first-order chi connectivity index (χ1) is 10.3. The second-order valence-electron chi connectivity index (χ2n) is 4.89. The number of aromatic amines is 1. The van der Waals surface area contributed by atoms with Crippen LogP contribution in [0.25, 0.3) is 10.9 Å². The number of H-pyrrole nitrogens is 1. The van der Waals surface area contributed by atoms with Gasteiger partial charge in [-0.25, -0.2) is 0 Å². The summed E-state index contributed by atoms with van der Waals surface area (Å²) in [5.41, 5.74) is 3.74. The number of carbonyl (C=O) groups is 1. The van der Waals surface area contributed by atoms with E-state index in [4.69, 9.17) is 0 Å². The molecule has 0 radical (unpaired) electrons. The fraction of sp³-hybridized carbons (Fsp3) is 0.176. The number of benzene rings is 1. The topological polar surface area (TPSA) is 57.8 Å². The number of aryl methyl sites for hydroxylation is 1. The number of aromatic nitrogens is 2. The van der Waals surface area contributed by atoms with Crippen molar-refractivity contribution in [1.29, 1.82) is 0 Å². The Morgan fingerprint density at radius 1 is 1.24 bits per heavy atom. The molecule has 0 spiro atoms. The van der Waals surface area contributed by atoms with Gasteiger partial charge in [-0.05, 0) is 36.2 Å². The molecule has 1 amide bonds. The van der Waals surface area contributed by atoms with Gasteiger partial charge in [-0.15, -0.1) is 0 Å². The highest BCUT2D eigenvalue weighted by Gasteiger charge is 2.11. The molecule has 0 bridgehead atoms. The molecule has 106 valence electrons. The van der Waals surface area contributed by atoms with Crippen LogP contribution in [0, 0.1) is 0 Å². The van der Waals surface area contributed by atoms with Crippen LogP contribution < -0.4 is 5.32 Å². The number of hydrogen-bond acceptors (Lipinski definition) is 2. The molecule has 2 N–H and O–H groups in total. The molecular formula is C17H17N3O. The lowest BCUT2D eigenvalue weighted by Crippen LogP contribution is -2.24. The van der Waals surface area contributed by atoms with Crippen LogP contribution in [0.1, 0.15) is 28.5 Å². The van der Waals surface area contributed by atoms with Crippen molar-refractivity contribution >= 4 is 16.8 Å². The van der Waals surface area contributed by atoms with Crippen LogP contribution in [-0.4, -0.2) is 15.9 Å². The highest BCUT2D eigenvalue weighted by atomic mass is 16.1. The summed E-state index contributed by atoms with van der Waals surface area (Å²) in [6.45, 7) is 2.53. The first-order valence-corrected chi connectivity index (χ1v) is 7.06. The Kier molecular flexibility index (Phi) is 3.69. The molecule has 0 atom stereocenters. The predicted molar refractivity (Wildman–Crippen MR) is 83.1 cm³/mol. The molecule has 0 saturated heterocycles. The molecule has 1 aromatic carbocycles. The van der Waals surface area contributed by atoms with Gasteiger partial charge in [0.1, 0.15) is 0 Å². The number of amides is 1. The van der Waals surface area contributed by atoms with Crippen LogP contribution >= 0.6 is 0 Å². The molecule has 2 aromatic heterocycles. The van der Waals surface area contributed by atoms with Gasteiger partial charge < -0.3 is 10.3 Å². The summed E-state index contributed by atoms with van der Waals surface area (Å²) in [5.74, 6) is -0.0760. The summed E-state index contributed by atoms with van der Waals surface area (Å²) in [6, 6.07) is 11.6. The number of rotatable bonds is 4. The maximum Gasteiger partial charge on any atom is 0.252 e. The van der Waals surface area contributed by atoms with Crippen LogP contribution in [0.15, 0.2) is 48.8 Å². The molecule has 3 aromatic rings. The third-order valence-electron chi connectivity index (χ3n) is 3.62. The normalized spacial score (nSPS) is 10.7. The van der Waals surface area contributed by atoms with Gasteiger partial charge in [-0.3, -0.25) is 9.78 Å². The standard InChI is InChI=1S/C17H17N3O/c1-2-12-5-4-9-18-16(12)11-20-17(21)14-6-3-7-15-13(14)8-10-19-15/h3-10,19H,2,11H2,1H3,(H,20,21). The molecule has 0 unspecified atom stereocenters. The summed E-state index contributed by atoms with van der Waals surface area (Å²) in [7, 11) is 0. The van der Waals surface area contributed by atoms with Crippen LogP contribution in [0.3, 0.4) is 0 Å². The lowest BCUT2D eigenvalue weighted by atomic mass is 10.1. The monoisotopic (exact) mass is 279 g/mol. The minimum atomic E-state index is -0.0760. The molecule has 3 rings (SSSR count). The lowest BCUT2D eigenvalue weighted by molar-refractivity contribution is 0.0952. The van der Waals surface area contributed by atoms with Crippen molar-refractivity contribution in [3.63, 3.8) is 0 Å². The Balaban J connectivity index is 1.79. The van der Waals surface area contributed by atoms with Crippen molar-refractivity contribution in [3.05, 3.63) is 65.6 Å². The second-order valence-corrected chi connectivity index (χ2v) is 4.89. The zero-order valence-corrected chi connectivity index (χ0v) is 11.9. The van der Waals surface area contributed by atoms with Gasteiger partial charge in [-0.1, -0.05) is 19.1 Å². The van der Waals surface area contributed by atoms with E-state index in [-0.39, 0.29) is 5.91 Å². The molecule has 0 fully saturated rings. The van der Waals surface area contributed by atoms with Crippen molar-refractivity contribution in [3.8, 4) is 0 Å². The molecule has 21 heavy (non-hydrogen) atoms. The lowest BCUT2D eigenvalue weighted by Gasteiger charge is -2.09. The van der Waals surface area contributed by atoms with E-state index in [0.717, 1.165) is 28.6 Å². The second kappa shape index (κ2) is 5.79. The average Bonchev–Trinajstić information content (AvgIpc) is 3.01.